The van der Waals surface area contributed by atoms with Crippen molar-refractivity contribution in [2.75, 3.05) is 6.61 Å². The van der Waals surface area contributed by atoms with Crippen LogP contribution in [0.4, 0.5) is 5.69 Å². The Kier molecular flexibility index (Phi) is 4.49. The third-order valence-electron chi connectivity index (χ3n) is 2.84. The maximum Gasteiger partial charge on any atom is 0.339 e. The Morgan fingerprint density at radius 2 is 2.29 bits per heavy atom. The molecule has 1 N–H and O–H groups in total. The van der Waals surface area contributed by atoms with Gasteiger partial charge in [-0.15, -0.1) is 11.3 Å². The summed E-state index contributed by atoms with van der Waals surface area (Å²) in [5.41, 5.74) is 2.16. The topological polar surface area (TPSA) is 103 Å². The maximum absolute atomic E-state index is 11.1. The normalized spacial score (nSPS) is 10.3. The number of ether oxygens (including phenoxy) is 1. The number of carboxylic acid groups (broad SMARTS) is 1. The first-order valence-corrected chi connectivity index (χ1v) is 6.90. The minimum atomic E-state index is -1.26. The van der Waals surface area contributed by atoms with Gasteiger partial charge in [0.2, 0.25) is 0 Å². The van der Waals surface area contributed by atoms with Crippen LogP contribution in [0.1, 0.15) is 20.9 Å². The number of aromatic carboxylic acids is 1. The summed E-state index contributed by atoms with van der Waals surface area (Å²) < 4.78 is 5.44. The number of carboxylic acids is 1. The van der Waals surface area contributed by atoms with E-state index >= 15 is 0 Å². The molecular formula is C13H12N2O5S. The number of hydrogen-bond donors (Lipinski definition) is 1. The van der Waals surface area contributed by atoms with E-state index in [0.29, 0.717) is 6.42 Å². The molecule has 0 saturated heterocycles. The Bertz CT molecular complexity index is 683. The number of carbonyl (C=O) groups is 1. The standard InChI is InChI=1S/C13H12N2O5S/c1-8-12(21-7-14-8)4-5-20-11-3-2-9(15(18)19)6-10(11)13(16)17/h2-3,6-7H,4-5H2,1H3,(H,16,17). The fourth-order valence-electron chi connectivity index (χ4n) is 1.74. The lowest BCUT2D eigenvalue weighted by Gasteiger charge is -2.08. The number of hydrogen-bond acceptors (Lipinski definition) is 6. The third kappa shape index (κ3) is 3.54. The lowest BCUT2D eigenvalue weighted by molar-refractivity contribution is -0.384. The second-order valence-corrected chi connectivity index (χ2v) is 5.14. The van der Waals surface area contributed by atoms with Crippen LogP contribution >= 0.6 is 11.3 Å². The zero-order valence-electron chi connectivity index (χ0n) is 11.1. The van der Waals surface area contributed by atoms with Crippen LogP contribution in [0.15, 0.2) is 23.7 Å². The van der Waals surface area contributed by atoms with Gasteiger partial charge in [0.15, 0.2) is 0 Å². The number of non-ortho nitro benzene ring substituents is 1. The minimum Gasteiger partial charge on any atom is -0.492 e. The van der Waals surface area contributed by atoms with E-state index in [1.54, 1.807) is 5.51 Å². The van der Waals surface area contributed by atoms with E-state index in [4.69, 9.17) is 9.84 Å². The molecular weight excluding hydrogens is 296 g/mol. The van der Waals surface area contributed by atoms with Crippen LogP contribution < -0.4 is 4.74 Å². The van der Waals surface area contributed by atoms with E-state index in [9.17, 15) is 14.9 Å². The van der Waals surface area contributed by atoms with Crippen LogP contribution in [0, 0.1) is 17.0 Å². The summed E-state index contributed by atoms with van der Waals surface area (Å²) >= 11 is 1.50. The Morgan fingerprint density at radius 1 is 1.52 bits per heavy atom. The van der Waals surface area contributed by atoms with Crippen molar-refractivity contribution in [3.63, 3.8) is 0 Å². The van der Waals surface area contributed by atoms with Crippen molar-refractivity contribution in [1.82, 2.24) is 4.98 Å². The number of benzene rings is 1. The molecule has 1 aromatic heterocycles. The van der Waals surface area contributed by atoms with Gasteiger partial charge in [-0.1, -0.05) is 0 Å². The fourth-order valence-corrected chi connectivity index (χ4v) is 2.51. The number of aromatic nitrogens is 1. The largest absolute Gasteiger partial charge is 0.492 e. The van der Waals surface area contributed by atoms with Crippen LogP contribution in [0.2, 0.25) is 0 Å². The van der Waals surface area contributed by atoms with E-state index in [1.807, 2.05) is 6.92 Å². The molecule has 0 radical (unpaired) electrons. The zero-order valence-corrected chi connectivity index (χ0v) is 11.9. The Labute approximate surface area is 124 Å². The second-order valence-electron chi connectivity index (χ2n) is 4.20. The lowest BCUT2D eigenvalue weighted by atomic mass is 10.2. The predicted octanol–water partition coefficient (Wildman–Crippen LogP) is 2.68. The van der Waals surface area contributed by atoms with Gasteiger partial charge < -0.3 is 9.84 Å². The van der Waals surface area contributed by atoms with Crippen molar-refractivity contribution in [2.45, 2.75) is 13.3 Å². The van der Waals surface area contributed by atoms with E-state index in [-0.39, 0.29) is 23.6 Å². The molecule has 2 aromatic rings. The smallest absolute Gasteiger partial charge is 0.339 e. The van der Waals surface area contributed by atoms with Crippen molar-refractivity contribution in [3.8, 4) is 5.75 Å². The number of thiazole rings is 1. The van der Waals surface area contributed by atoms with Crippen molar-refractivity contribution in [3.05, 3.63) is 50.0 Å². The number of aryl methyl sites for hydroxylation is 1. The number of nitrogens with zero attached hydrogens (tertiary/aromatic N) is 2. The van der Waals surface area contributed by atoms with Crippen molar-refractivity contribution >= 4 is 23.0 Å². The first-order chi connectivity index (χ1) is 9.99. The van der Waals surface area contributed by atoms with Gasteiger partial charge in [-0.25, -0.2) is 9.78 Å². The highest BCUT2D eigenvalue weighted by atomic mass is 32.1. The maximum atomic E-state index is 11.1. The first kappa shape index (κ1) is 14.9. The summed E-state index contributed by atoms with van der Waals surface area (Å²) in [7, 11) is 0. The molecule has 0 aliphatic carbocycles. The summed E-state index contributed by atoms with van der Waals surface area (Å²) in [5, 5.41) is 19.7. The van der Waals surface area contributed by atoms with Crippen LogP contribution in [-0.2, 0) is 6.42 Å². The highest BCUT2D eigenvalue weighted by Crippen LogP contribution is 2.24. The van der Waals surface area contributed by atoms with Gasteiger partial charge in [-0.05, 0) is 13.0 Å². The average molecular weight is 308 g/mol. The summed E-state index contributed by atoms with van der Waals surface area (Å²) in [6.45, 7) is 2.17. The molecule has 21 heavy (non-hydrogen) atoms. The van der Waals surface area contributed by atoms with E-state index in [2.05, 4.69) is 4.98 Å². The summed E-state index contributed by atoms with van der Waals surface area (Å²) in [4.78, 5) is 26.3. The second kappa shape index (κ2) is 6.31. The molecule has 0 aliphatic rings. The number of nitro benzene ring substituents is 1. The molecule has 0 bridgehead atoms. The van der Waals surface area contributed by atoms with Crippen molar-refractivity contribution in [2.24, 2.45) is 0 Å². The summed E-state index contributed by atoms with van der Waals surface area (Å²) in [5.74, 6) is -1.14. The number of nitro groups is 1. The van der Waals surface area contributed by atoms with Gasteiger partial charge >= 0.3 is 5.97 Å². The minimum absolute atomic E-state index is 0.121. The predicted molar refractivity (Wildman–Crippen MR) is 76.1 cm³/mol. The Balaban J connectivity index is 2.10. The summed E-state index contributed by atoms with van der Waals surface area (Å²) in [6, 6.07) is 3.52. The fraction of sp³-hybridized carbons (Fsp3) is 0.231. The molecule has 2 rings (SSSR count). The summed E-state index contributed by atoms with van der Waals surface area (Å²) in [6.07, 6.45) is 0.604. The Morgan fingerprint density at radius 3 is 2.86 bits per heavy atom. The van der Waals surface area contributed by atoms with Gasteiger partial charge in [0.1, 0.15) is 11.3 Å². The Hall–Kier alpha value is -2.48. The molecule has 0 unspecified atom stereocenters. The third-order valence-corrected chi connectivity index (χ3v) is 3.83. The molecule has 7 nitrogen and oxygen atoms in total. The van der Waals surface area contributed by atoms with E-state index < -0.39 is 10.9 Å². The average Bonchev–Trinajstić information content (AvgIpc) is 2.84. The van der Waals surface area contributed by atoms with Crippen LogP contribution in [0.5, 0.6) is 5.75 Å². The zero-order chi connectivity index (χ0) is 15.4. The highest BCUT2D eigenvalue weighted by Gasteiger charge is 2.17. The van der Waals surface area contributed by atoms with Crippen molar-refractivity contribution < 1.29 is 19.6 Å². The molecule has 110 valence electrons. The van der Waals surface area contributed by atoms with Crippen LogP contribution in [0.3, 0.4) is 0 Å². The molecule has 0 fully saturated rings. The molecule has 0 spiro atoms. The van der Waals surface area contributed by atoms with Gasteiger partial charge in [-0.2, -0.15) is 0 Å². The lowest BCUT2D eigenvalue weighted by Crippen LogP contribution is -2.07. The molecule has 8 heteroatoms. The van der Waals surface area contributed by atoms with Gasteiger partial charge in [-0.3, -0.25) is 10.1 Å². The SMILES string of the molecule is Cc1ncsc1CCOc1ccc([N+](=O)[O-])cc1C(=O)O. The van der Waals surface area contributed by atoms with Crippen LogP contribution in [0.25, 0.3) is 0 Å². The molecule has 1 heterocycles. The van der Waals surface area contributed by atoms with E-state index in [0.717, 1.165) is 16.6 Å². The molecule has 0 atom stereocenters. The molecule has 0 saturated carbocycles. The van der Waals surface area contributed by atoms with Gasteiger partial charge in [0.25, 0.3) is 5.69 Å². The molecule has 1 aromatic carbocycles. The molecule has 0 aliphatic heterocycles. The number of rotatable bonds is 6. The van der Waals surface area contributed by atoms with Gasteiger partial charge in [0, 0.05) is 23.4 Å². The highest BCUT2D eigenvalue weighted by molar-refractivity contribution is 7.09. The van der Waals surface area contributed by atoms with Crippen LogP contribution in [-0.4, -0.2) is 27.6 Å². The van der Waals surface area contributed by atoms with E-state index in [1.165, 1.54) is 23.5 Å². The molecule has 0 amide bonds. The first-order valence-electron chi connectivity index (χ1n) is 6.02. The van der Waals surface area contributed by atoms with Gasteiger partial charge in [0.05, 0.1) is 22.7 Å². The van der Waals surface area contributed by atoms with Crippen molar-refractivity contribution in [1.29, 1.82) is 0 Å². The quantitative estimate of drug-likeness (QED) is 0.650. The monoisotopic (exact) mass is 308 g/mol.